The Hall–Kier alpha value is -3.24. The van der Waals surface area contributed by atoms with E-state index in [1.54, 1.807) is 13.8 Å². The van der Waals surface area contributed by atoms with Crippen molar-refractivity contribution in [1.29, 1.82) is 0 Å². The highest BCUT2D eigenvalue weighted by Crippen LogP contribution is 2.20. The van der Waals surface area contributed by atoms with Crippen molar-refractivity contribution in [3.8, 4) is 0 Å². The van der Waals surface area contributed by atoms with Crippen LogP contribution >= 0.6 is 0 Å². The zero-order valence-corrected chi connectivity index (χ0v) is 13.3. The smallest absolute Gasteiger partial charge is 0.343 e. The summed E-state index contributed by atoms with van der Waals surface area (Å²) >= 11 is 0. The molecular weight excluding hydrogens is 320 g/mol. The Morgan fingerprint density at radius 2 is 2.12 bits per heavy atom. The third-order valence-electron chi connectivity index (χ3n) is 3.14. The summed E-state index contributed by atoms with van der Waals surface area (Å²) in [5, 5.41) is 21.3. The Labute approximate surface area is 136 Å². The van der Waals surface area contributed by atoms with Crippen LogP contribution in [-0.2, 0) is 18.3 Å². The average Bonchev–Trinajstić information content (AvgIpc) is 3.12. The molecule has 0 saturated carbocycles. The minimum absolute atomic E-state index is 0.0466. The van der Waals surface area contributed by atoms with Crippen molar-refractivity contribution in [2.45, 2.75) is 20.4 Å². The number of nitro groups is 1. The summed E-state index contributed by atoms with van der Waals surface area (Å²) in [5.74, 6) is -1.41. The summed E-state index contributed by atoms with van der Waals surface area (Å²) in [6, 6.07) is 0. The van der Waals surface area contributed by atoms with Gasteiger partial charge in [-0.2, -0.15) is 10.2 Å². The summed E-state index contributed by atoms with van der Waals surface area (Å²) in [7, 11) is 1.51. The molecule has 11 heteroatoms. The number of aromatic nitrogens is 4. The second kappa shape index (κ2) is 6.89. The van der Waals surface area contributed by atoms with Crippen LogP contribution in [0.15, 0.2) is 12.4 Å². The minimum Gasteiger partial charge on any atom is -0.462 e. The summed E-state index contributed by atoms with van der Waals surface area (Å²) < 4.78 is 7.42. The molecule has 0 fully saturated rings. The first-order valence-corrected chi connectivity index (χ1v) is 7.11. The highest BCUT2D eigenvalue weighted by molar-refractivity contribution is 6.08. The molecule has 11 nitrogen and oxygen atoms in total. The van der Waals surface area contributed by atoms with Crippen LogP contribution in [0.3, 0.4) is 0 Å². The van der Waals surface area contributed by atoms with E-state index >= 15 is 0 Å². The van der Waals surface area contributed by atoms with E-state index in [-0.39, 0.29) is 23.7 Å². The average molecular weight is 336 g/mol. The van der Waals surface area contributed by atoms with Crippen LogP contribution in [0, 0.1) is 10.1 Å². The Morgan fingerprint density at radius 3 is 2.71 bits per heavy atom. The molecule has 0 saturated heterocycles. The number of anilines is 1. The Balaban J connectivity index is 2.34. The molecule has 24 heavy (non-hydrogen) atoms. The van der Waals surface area contributed by atoms with E-state index in [9.17, 15) is 19.7 Å². The second-order valence-electron chi connectivity index (χ2n) is 4.68. The van der Waals surface area contributed by atoms with Gasteiger partial charge in [0.1, 0.15) is 17.6 Å². The van der Waals surface area contributed by atoms with Crippen molar-refractivity contribution in [3.05, 3.63) is 33.8 Å². The fraction of sp³-hybridized carbons (Fsp3) is 0.385. The molecule has 2 aromatic rings. The lowest BCUT2D eigenvalue weighted by Crippen LogP contribution is -2.19. The van der Waals surface area contributed by atoms with Crippen LogP contribution in [0.5, 0.6) is 0 Å². The predicted molar refractivity (Wildman–Crippen MR) is 81.7 cm³/mol. The van der Waals surface area contributed by atoms with Gasteiger partial charge in [-0.05, 0) is 13.8 Å². The lowest BCUT2D eigenvalue weighted by Gasteiger charge is -2.06. The quantitative estimate of drug-likeness (QED) is 0.472. The molecule has 2 aromatic heterocycles. The highest BCUT2D eigenvalue weighted by atomic mass is 16.6. The first-order chi connectivity index (χ1) is 11.4. The number of carbonyl (C=O) groups is 2. The number of nitrogens with zero attached hydrogens (tertiary/aromatic N) is 5. The van der Waals surface area contributed by atoms with E-state index in [0.29, 0.717) is 6.54 Å². The fourth-order valence-electron chi connectivity index (χ4n) is 1.98. The number of nitrogens with one attached hydrogen (secondary N) is 1. The van der Waals surface area contributed by atoms with Crippen molar-refractivity contribution in [3.63, 3.8) is 0 Å². The van der Waals surface area contributed by atoms with Gasteiger partial charge in [0.15, 0.2) is 0 Å². The largest absolute Gasteiger partial charge is 0.462 e. The van der Waals surface area contributed by atoms with Crippen molar-refractivity contribution >= 4 is 23.4 Å². The maximum absolute atomic E-state index is 12.4. The van der Waals surface area contributed by atoms with Gasteiger partial charge in [0, 0.05) is 13.6 Å². The maximum atomic E-state index is 12.4. The number of ether oxygens (including phenoxy) is 1. The molecule has 0 aliphatic rings. The molecule has 0 bridgehead atoms. The zero-order chi connectivity index (χ0) is 17.9. The number of esters is 1. The number of hydrogen-bond acceptors (Lipinski definition) is 7. The van der Waals surface area contributed by atoms with Gasteiger partial charge in [0.2, 0.25) is 5.69 Å². The first-order valence-electron chi connectivity index (χ1n) is 7.11. The zero-order valence-electron chi connectivity index (χ0n) is 13.3. The molecule has 1 N–H and O–H groups in total. The number of carbonyl (C=O) groups excluding carboxylic acids is 2. The summed E-state index contributed by atoms with van der Waals surface area (Å²) in [6.45, 7) is 3.91. The van der Waals surface area contributed by atoms with Gasteiger partial charge in [-0.3, -0.25) is 24.3 Å². The van der Waals surface area contributed by atoms with Crippen molar-refractivity contribution < 1.29 is 19.2 Å². The lowest BCUT2D eigenvalue weighted by atomic mass is 10.3. The van der Waals surface area contributed by atoms with Gasteiger partial charge in [-0.25, -0.2) is 4.79 Å². The molecule has 0 spiro atoms. The van der Waals surface area contributed by atoms with Gasteiger partial charge in [0.25, 0.3) is 5.91 Å². The van der Waals surface area contributed by atoms with E-state index in [2.05, 4.69) is 15.5 Å². The predicted octanol–water partition coefficient (Wildman–Crippen LogP) is 0.974. The van der Waals surface area contributed by atoms with Crippen LogP contribution in [0.25, 0.3) is 0 Å². The van der Waals surface area contributed by atoms with Crippen LogP contribution in [0.2, 0.25) is 0 Å². The molecule has 0 aromatic carbocycles. The van der Waals surface area contributed by atoms with Crippen LogP contribution in [0.4, 0.5) is 11.5 Å². The number of aryl methyl sites for hydroxylation is 2. The van der Waals surface area contributed by atoms with E-state index in [0.717, 1.165) is 0 Å². The topological polar surface area (TPSA) is 134 Å². The number of hydrogen-bond donors (Lipinski definition) is 1. The lowest BCUT2D eigenvalue weighted by molar-refractivity contribution is -0.385. The van der Waals surface area contributed by atoms with Gasteiger partial charge in [0.05, 0.1) is 17.7 Å². The third-order valence-corrected chi connectivity index (χ3v) is 3.14. The SMILES string of the molecule is CCOC(=O)c1cnn(C)c1NC(=O)c1nn(CC)cc1[N+](=O)[O-]. The fourth-order valence-corrected chi connectivity index (χ4v) is 1.98. The van der Waals surface area contributed by atoms with Gasteiger partial charge in [-0.15, -0.1) is 0 Å². The van der Waals surface area contributed by atoms with E-state index in [4.69, 9.17) is 4.74 Å². The van der Waals surface area contributed by atoms with Crippen LogP contribution in [0.1, 0.15) is 34.7 Å². The summed E-state index contributed by atoms with van der Waals surface area (Å²) in [5.41, 5.74) is -0.725. The Bertz CT molecular complexity index is 793. The van der Waals surface area contributed by atoms with Gasteiger partial charge >= 0.3 is 11.7 Å². The van der Waals surface area contributed by atoms with Crippen molar-refractivity contribution in [1.82, 2.24) is 19.6 Å². The molecule has 1 amide bonds. The van der Waals surface area contributed by atoms with E-state index in [1.165, 1.54) is 28.8 Å². The summed E-state index contributed by atoms with van der Waals surface area (Å²) in [4.78, 5) is 34.6. The van der Waals surface area contributed by atoms with Gasteiger partial charge < -0.3 is 10.1 Å². The molecular formula is C13H16N6O5. The van der Waals surface area contributed by atoms with Gasteiger partial charge in [-0.1, -0.05) is 0 Å². The van der Waals surface area contributed by atoms with E-state index < -0.39 is 22.5 Å². The normalized spacial score (nSPS) is 10.5. The van der Waals surface area contributed by atoms with Crippen LogP contribution in [-0.4, -0.2) is 43.0 Å². The third kappa shape index (κ3) is 3.24. The van der Waals surface area contributed by atoms with E-state index in [1.807, 2.05) is 0 Å². The Kier molecular flexibility index (Phi) is 4.92. The molecule has 128 valence electrons. The van der Waals surface area contributed by atoms with Crippen LogP contribution < -0.4 is 5.32 Å². The molecule has 0 radical (unpaired) electrons. The molecule has 2 heterocycles. The Morgan fingerprint density at radius 1 is 1.42 bits per heavy atom. The first kappa shape index (κ1) is 17.1. The number of amides is 1. The number of rotatable bonds is 6. The monoisotopic (exact) mass is 336 g/mol. The maximum Gasteiger partial charge on any atom is 0.343 e. The molecule has 0 unspecified atom stereocenters. The molecule has 0 aliphatic carbocycles. The minimum atomic E-state index is -0.817. The van der Waals surface area contributed by atoms with Crippen molar-refractivity contribution in [2.75, 3.05) is 11.9 Å². The highest BCUT2D eigenvalue weighted by Gasteiger charge is 2.28. The molecule has 0 atom stereocenters. The second-order valence-corrected chi connectivity index (χ2v) is 4.68. The molecule has 2 rings (SSSR count). The molecule has 0 aliphatic heterocycles. The standard InChI is InChI=1S/C13H16N6O5/c1-4-18-7-9(19(22)23)10(16-18)12(20)15-11-8(6-14-17(11)3)13(21)24-5-2/h6-7H,4-5H2,1-3H3,(H,15,20). The van der Waals surface area contributed by atoms with Crippen molar-refractivity contribution in [2.24, 2.45) is 7.05 Å². The summed E-state index contributed by atoms with van der Waals surface area (Å²) in [6.07, 6.45) is 2.41.